The third-order valence-corrected chi connectivity index (χ3v) is 4.25. The fourth-order valence-corrected chi connectivity index (χ4v) is 2.74. The van der Waals surface area contributed by atoms with Crippen molar-refractivity contribution < 1.29 is 17.7 Å². The first kappa shape index (κ1) is 17.6. The quantitative estimate of drug-likeness (QED) is 0.919. The number of aromatic nitrogens is 2. The third kappa shape index (κ3) is 4.08. The van der Waals surface area contributed by atoms with Gasteiger partial charge in [0.05, 0.1) is 11.6 Å². The molecule has 0 spiro atoms. The number of likely N-dealkylation sites (N-methyl/N-ethyl adjacent to an activating group) is 1. The van der Waals surface area contributed by atoms with E-state index in [1.54, 1.807) is 19.1 Å². The van der Waals surface area contributed by atoms with Gasteiger partial charge in [-0.25, -0.2) is 0 Å². The monoisotopic (exact) mass is 352 g/mol. The van der Waals surface area contributed by atoms with Crippen LogP contribution in [-0.4, -0.2) is 41.7 Å². The van der Waals surface area contributed by atoms with Gasteiger partial charge in [-0.05, 0) is 37.2 Å². The van der Waals surface area contributed by atoms with E-state index in [1.165, 1.54) is 6.07 Å². The molecule has 134 valence electrons. The van der Waals surface area contributed by atoms with Gasteiger partial charge in [-0.3, -0.25) is 4.90 Å². The number of piperazine rings is 1. The molecular formula is C17H19F3N4O. The lowest BCUT2D eigenvalue weighted by Crippen LogP contribution is -2.44. The van der Waals surface area contributed by atoms with E-state index in [4.69, 9.17) is 4.52 Å². The van der Waals surface area contributed by atoms with E-state index in [1.807, 2.05) is 7.05 Å². The molecule has 3 rings (SSSR count). The maximum absolute atomic E-state index is 12.8. The van der Waals surface area contributed by atoms with Gasteiger partial charge in [0, 0.05) is 25.7 Å². The Morgan fingerprint density at radius 3 is 2.92 bits per heavy atom. The second-order valence-corrected chi connectivity index (χ2v) is 6.10. The lowest BCUT2D eigenvalue weighted by Gasteiger charge is -2.30. The lowest BCUT2D eigenvalue weighted by molar-refractivity contribution is -0.137. The number of nitrogens with zero attached hydrogens (tertiary/aromatic N) is 3. The van der Waals surface area contributed by atoms with Gasteiger partial charge >= 0.3 is 6.18 Å². The van der Waals surface area contributed by atoms with E-state index >= 15 is 0 Å². The molecule has 0 bridgehead atoms. The zero-order valence-electron chi connectivity index (χ0n) is 14.0. The van der Waals surface area contributed by atoms with Crippen molar-refractivity contribution in [2.24, 2.45) is 0 Å². The number of halogens is 3. The number of benzene rings is 1. The van der Waals surface area contributed by atoms with Gasteiger partial charge in [0.1, 0.15) is 0 Å². The second kappa shape index (κ2) is 6.97. The fourth-order valence-electron chi connectivity index (χ4n) is 2.74. The Kier molecular flexibility index (Phi) is 4.91. The zero-order valence-corrected chi connectivity index (χ0v) is 14.0. The molecule has 0 radical (unpaired) electrons. The highest BCUT2D eigenvalue weighted by molar-refractivity contribution is 5.78. The fraction of sp³-hybridized carbons (Fsp3) is 0.412. The molecule has 0 saturated carbocycles. The summed E-state index contributed by atoms with van der Waals surface area (Å²) in [6.07, 6.45) is -2.77. The van der Waals surface area contributed by atoms with Gasteiger partial charge in [-0.15, -0.1) is 0 Å². The maximum atomic E-state index is 12.8. The van der Waals surface area contributed by atoms with E-state index in [0.717, 1.165) is 31.8 Å². The Bertz CT molecular complexity index is 769. The molecule has 1 aromatic heterocycles. The molecule has 1 aliphatic heterocycles. The van der Waals surface area contributed by atoms with E-state index in [0.29, 0.717) is 17.0 Å². The van der Waals surface area contributed by atoms with Crippen LogP contribution in [0.15, 0.2) is 28.8 Å². The minimum atomic E-state index is -4.37. The highest BCUT2D eigenvalue weighted by Gasteiger charge is 2.30. The van der Waals surface area contributed by atoms with Crippen LogP contribution in [0.25, 0.3) is 11.6 Å². The molecule has 1 fully saturated rings. The van der Waals surface area contributed by atoms with Crippen LogP contribution in [0.1, 0.15) is 35.8 Å². The molecule has 1 saturated heterocycles. The first-order valence-corrected chi connectivity index (χ1v) is 7.95. The zero-order chi connectivity index (χ0) is 18.0. The van der Waals surface area contributed by atoms with E-state index < -0.39 is 11.7 Å². The standard InChI is InChI=1S/C17H19F3N4O/c1-11(12-4-3-5-13(9-12)17(18,19)20)8-15-22-16(23-25-15)14-10-21-6-7-24(14)2/h3-5,8-9,14,21H,6-7,10H2,1-2H3/b11-8-. The van der Waals surface area contributed by atoms with Crippen molar-refractivity contribution in [2.75, 3.05) is 26.7 Å². The Balaban J connectivity index is 1.81. The van der Waals surface area contributed by atoms with Crippen molar-refractivity contribution in [1.82, 2.24) is 20.4 Å². The van der Waals surface area contributed by atoms with Crippen LogP contribution in [0.4, 0.5) is 13.2 Å². The van der Waals surface area contributed by atoms with Gasteiger partial charge in [0.25, 0.3) is 5.89 Å². The van der Waals surface area contributed by atoms with Crippen molar-refractivity contribution >= 4 is 11.6 Å². The van der Waals surface area contributed by atoms with Crippen LogP contribution >= 0.6 is 0 Å². The average Bonchev–Trinajstić information content (AvgIpc) is 3.03. The predicted octanol–water partition coefficient (Wildman–Crippen LogP) is 3.23. The van der Waals surface area contributed by atoms with Crippen molar-refractivity contribution in [3.63, 3.8) is 0 Å². The Morgan fingerprint density at radius 1 is 1.40 bits per heavy atom. The van der Waals surface area contributed by atoms with Gasteiger partial charge < -0.3 is 9.84 Å². The molecule has 25 heavy (non-hydrogen) atoms. The number of hydrogen-bond donors (Lipinski definition) is 1. The first-order valence-electron chi connectivity index (χ1n) is 7.95. The first-order chi connectivity index (χ1) is 11.8. The number of rotatable bonds is 3. The van der Waals surface area contributed by atoms with Crippen LogP contribution < -0.4 is 5.32 Å². The topological polar surface area (TPSA) is 54.2 Å². The van der Waals surface area contributed by atoms with E-state index in [-0.39, 0.29) is 11.9 Å². The van der Waals surface area contributed by atoms with Crippen molar-refractivity contribution in [1.29, 1.82) is 0 Å². The number of allylic oxidation sites excluding steroid dienone is 1. The van der Waals surface area contributed by atoms with Gasteiger partial charge in [-0.1, -0.05) is 17.3 Å². The second-order valence-electron chi connectivity index (χ2n) is 6.10. The van der Waals surface area contributed by atoms with Crippen LogP contribution in [0.2, 0.25) is 0 Å². The normalized spacial score (nSPS) is 20.0. The molecule has 8 heteroatoms. The van der Waals surface area contributed by atoms with Gasteiger partial charge in [0.2, 0.25) is 0 Å². The summed E-state index contributed by atoms with van der Waals surface area (Å²) in [7, 11) is 1.99. The van der Waals surface area contributed by atoms with Crippen molar-refractivity contribution in [3.05, 3.63) is 47.1 Å². The smallest absolute Gasteiger partial charge is 0.335 e. The predicted molar refractivity (Wildman–Crippen MR) is 87.5 cm³/mol. The number of alkyl halides is 3. The maximum Gasteiger partial charge on any atom is 0.416 e. The molecule has 0 amide bonds. The van der Waals surface area contributed by atoms with E-state index in [9.17, 15) is 13.2 Å². The SMILES string of the molecule is C/C(=C/c1nc(C2CNCCN2C)no1)c1cccc(C(F)(F)F)c1. The summed E-state index contributed by atoms with van der Waals surface area (Å²) in [6.45, 7) is 4.24. The van der Waals surface area contributed by atoms with Crippen molar-refractivity contribution in [2.45, 2.75) is 19.1 Å². The molecule has 1 atom stereocenters. The molecule has 1 N–H and O–H groups in total. The molecule has 0 aliphatic carbocycles. The summed E-state index contributed by atoms with van der Waals surface area (Å²) in [5, 5.41) is 7.28. The molecule has 2 heterocycles. The summed E-state index contributed by atoms with van der Waals surface area (Å²) in [4.78, 5) is 6.50. The Morgan fingerprint density at radius 2 is 2.20 bits per heavy atom. The third-order valence-electron chi connectivity index (χ3n) is 4.25. The summed E-state index contributed by atoms with van der Waals surface area (Å²) in [5.41, 5.74) is 0.404. The number of hydrogen-bond acceptors (Lipinski definition) is 5. The molecule has 1 unspecified atom stereocenters. The summed E-state index contributed by atoms with van der Waals surface area (Å²) in [6, 6.07) is 5.19. The van der Waals surface area contributed by atoms with Crippen LogP contribution in [-0.2, 0) is 6.18 Å². The van der Waals surface area contributed by atoms with Gasteiger partial charge in [-0.2, -0.15) is 18.2 Å². The Labute approximate surface area is 143 Å². The molecule has 1 aliphatic rings. The minimum absolute atomic E-state index is 0.0218. The number of nitrogens with one attached hydrogen (secondary N) is 1. The minimum Gasteiger partial charge on any atom is -0.335 e. The average molecular weight is 352 g/mol. The largest absolute Gasteiger partial charge is 0.416 e. The molecule has 5 nitrogen and oxygen atoms in total. The van der Waals surface area contributed by atoms with Gasteiger partial charge in [0.15, 0.2) is 5.82 Å². The molecular weight excluding hydrogens is 333 g/mol. The lowest BCUT2D eigenvalue weighted by atomic mass is 10.0. The van der Waals surface area contributed by atoms with Crippen LogP contribution in [0, 0.1) is 0 Å². The Hall–Kier alpha value is -2.19. The molecule has 2 aromatic rings. The summed E-state index contributed by atoms with van der Waals surface area (Å²) < 4.78 is 43.7. The highest BCUT2D eigenvalue weighted by Crippen LogP contribution is 2.31. The summed E-state index contributed by atoms with van der Waals surface area (Å²) in [5.74, 6) is 0.849. The van der Waals surface area contributed by atoms with Crippen LogP contribution in [0.5, 0.6) is 0 Å². The van der Waals surface area contributed by atoms with E-state index in [2.05, 4.69) is 20.4 Å². The molecule has 1 aromatic carbocycles. The highest BCUT2D eigenvalue weighted by atomic mass is 19.4. The van der Waals surface area contributed by atoms with Crippen LogP contribution in [0.3, 0.4) is 0 Å². The van der Waals surface area contributed by atoms with Crippen molar-refractivity contribution in [3.8, 4) is 0 Å². The summed E-state index contributed by atoms with van der Waals surface area (Å²) >= 11 is 0.